The van der Waals surface area contributed by atoms with Gasteiger partial charge in [0.15, 0.2) is 0 Å². The second-order valence-electron chi connectivity index (χ2n) is 3.02. The van der Waals surface area contributed by atoms with Crippen LogP contribution in [-0.2, 0) is 0 Å². The van der Waals surface area contributed by atoms with Crippen molar-refractivity contribution in [3.8, 4) is 0 Å². The Morgan fingerprint density at radius 2 is 1.91 bits per heavy atom. The summed E-state index contributed by atoms with van der Waals surface area (Å²) in [7, 11) is 0. The number of urea groups is 1. The molecule has 0 aliphatic carbocycles. The molecule has 0 aromatic carbocycles. The van der Waals surface area contributed by atoms with Crippen molar-refractivity contribution in [1.82, 2.24) is 15.3 Å². The predicted octanol–water partition coefficient (Wildman–Crippen LogP) is 0.0224. The molecule has 0 spiro atoms. The van der Waals surface area contributed by atoms with Gasteiger partial charge in [-0.15, -0.1) is 0 Å². The number of rotatable bonds is 1. The van der Waals surface area contributed by atoms with Crippen LogP contribution in [0.25, 0.3) is 0 Å². The zero-order valence-electron chi connectivity index (χ0n) is 6.55. The zero-order valence-corrected chi connectivity index (χ0v) is 6.55. The number of hydrogen-bond acceptors (Lipinski definition) is 2. The Balaban J connectivity index is 1.97. The monoisotopic (exact) mass is 155 g/mol. The largest absolute Gasteiger partial charge is 0.335 e. The molecule has 2 aliphatic heterocycles. The van der Waals surface area contributed by atoms with E-state index >= 15 is 0 Å². The van der Waals surface area contributed by atoms with E-state index in [1.165, 1.54) is 12.8 Å². The summed E-state index contributed by atoms with van der Waals surface area (Å²) in [4.78, 5) is 11.1. The first kappa shape index (κ1) is 6.91. The van der Waals surface area contributed by atoms with E-state index in [4.69, 9.17) is 0 Å². The lowest BCUT2D eigenvalue weighted by Gasteiger charge is -2.25. The SMILES string of the molecule is O=C1NCCN1N1CCCC1. The van der Waals surface area contributed by atoms with Gasteiger partial charge in [0.2, 0.25) is 0 Å². The van der Waals surface area contributed by atoms with Crippen molar-refractivity contribution in [2.45, 2.75) is 12.8 Å². The minimum Gasteiger partial charge on any atom is -0.335 e. The van der Waals surface area contributed by atoms with Gasteiger partial charge in [-0.25, -0.2) is 9.80 Å². The average molecular weight is 155 g/mol. The number of amides is 2. The number of carbonyl (C=O) groups is 1. The highest BCUT2D eigenvalue weighted by Crippen LogP contribution is 2.12. The van der Waals surface area contributed by atoms with Crippen LogP contribution in [0.15, 0.2) is 0 Å². The van der Waals surface area contributed by atoms with Gasteiger partial charge < -0.3 is 5.32 Å². The molecule has 0 unspecified atom stereocenters. The predicted molar refractivity (Wildman–Crippen MR) is 40.9 cm³/mol. The second-order valence-corrected chi connectivity index (χ2v) is 3.02. The molecule has 0 atom stereocenters. The topological polar surface area (TPSA) is 35.6 Å². The van der Waals surface area contributed by atoms with Gasteiger partial charge in [-0.1, -0.05) is 0 Å². The Morgan fingerprint density at radius 1 is 1.18 bits per heavy atom. The molecule has 2 heterocycles. The Bertz CT molecular complexity index is 165. The van der Waals surface area contributed by atoms with Crippen LogP contribution in [0.3, 0.4) is 0 Å². The lowest BCUT2D eigenvalue weighted by atomic mass is 10.4. The van der Waals surface area contributed by atoms with Crippen LogP contribution in [0.5, 0.6) is 0 Å². The summed E-state index contributed by atoms with van der Waals surface area (Å²) in [5.74, 6) is 0. The maximum absolute atomic E-state index is 11.1. The first-order chi connectivity index (χ1) is 5.38. The maximum atomic E-state index is 11.1. The van der Waals surface area contributed by atoms with Gasteiger partial charge in [0.05, 0.1) is 6.54 Å². The Morgan fingerprint density at radius 3 is 2.45 bits per heavy atom. The molecule has 2 rings (SSSR count). The maximum Gasteiger partial charge on any atom is 0.332 e. The zero-order chi connectivity index (χ0) is 7.68. The van der Waals surface area contributed by atoms with E-state index in [-0.39, 0.29) is 6.03 Å². The first-order valence-electron chi connectivity index (χ1n) is 4.18. The van der Waals surface area contributed by atoms with E-state index < -0.39 is 0 Å². The van der Waals surface area contributed by atoms with E-state index in [0.717, 1.165) is 26.2 Å². The fraction of sp³-hybridized carbons (Fsp3) is 0.857. The average Bonchev–Trinajstić information content (AvgIpc) is 2.55. The highest BCUT2D eigenvalue weighted by atomic mass is 16.2. The summed E-state index contributed by atoms with van der Waals surface area (Å²) in [5.41, 5.74) is 0. The van der Waals surface area contributed by atoms with Gasteiger partial charge >= 0.3 is 6.03 Å². The Labute approximate surface area is 66.1 Å². The second kappa shape index (κ2) is 2.70. The molecule has 11 heavy (non-hydrogen) atoms. The Hall–Kier alpha value is -0.770. The van der Waals surface area contributed by atoms with E-state index in [0.29, 0.717) is 0 Å². The fourth-order valence-electron chi connectivity index (χ4n) is 1.67. The molecule has 62 valence electrons. The molecule has 2 fully saturated rings. The van der Waals surface area contributed by atoms with Crippen LogP contribution >= 0.6 is 0 Å². The van der Waals surface area contributed by atoms with Gasteiger partial charge in [-0.2, -0.15) is 0 Å². The van der Waals surface area contributed by atoms with Crippen LogP contribution in [0.4, 0.5) is 4.79 Å². The van der Waals surface area contributed by atoms with Crippen LogP contribution in [0.1, 0.15) is 12.8 Å². The number of carbonyl (C=O) groups excluding carboxylic acids is 1. The lowest BCUT2D eigenvalue weighted by Crippen LogP contribution is -2.42. The molecule has 0 radical (unpaired) electrons. The molecule has 2 amide bonds. The minimum atomic E-state index is 0.0758. The van der Waals surface area contributed by atoms with E-state index in [1.54, 1.807) is 0 Å². The summed E-state index contributed by atoms with van der Waals surface area (Å²) < 4.78 is 0. The van der Waals surface area contributed by atoms with Crippen molar-refractivity contribution >= 4 is 6.03 Å². The highest BCUT2D eigenvalue weighted by Gasteiger charge is 2.27. The summed E-state index contributed by atoms with van der Waals surface area (Å²) in [6, 6.07) is 0.0758. The number of hydrogen-bond donors (Lipinski definition) is 1. The minimum absolute atomic E-state index is 0.0758. The number of nitrogens with one attached hydrogen (secondary N) is 1. The molecule has 0 aromatic heterocycles. The first-order valence-corrected chi connectivity index (χ1v) is 4.18. The third-order valence-electron chi connectivity index (χ3n) is 2.26. The van der Waals surface area contributed by atoms with Gasteiger partial charge in [-0.05, 0) is 12.8 Å². The lowest BCUT2D eigenvalue weighted by molar-refractivity contribution is 0.0572. The van der Waals surface area contributed by atoms with Crippen LogP contribution in [0, 0.1) is 0 Å². The molecule has 4 heteroatoms. The molecule has 0 bridgehead atoms. The smallest absolute Gasteiger partial charge is 0.332 e. The Kier molecular flexibility index (Phi) is 1.69. The molecule has 0 aromatic rings. The fourth-order valence-corrected chi connectivity index (χ4v) is 1.67. The highest BCUT2D eigenvalue weighted by molar-refractivity contribution is 5.75. The van der Waals surface area contributed by atoms with Crippen LogP contribution in [-0.4, -0.2) is 42.2 Å². The normalized spacial score (nSPS) is 26.2. The molecular weight excluding hydrogens is 142 g/mol. The van der Waals surface area contributed by atoms with E-state index in [1.807, 2.05) is 5.01 Å². The van der Waals surface area contributed by atoms with Crippen molar-refractivity contribution in [2.24, 2.45) is 0 Å². The molecular formula is C7H13N3O. The summed E-state index contributed by atoms with van der Waals surface area (Å²) in [6.07, 6.45) is 2.45. The van der Waals surface area contributed by atoms with Crippen molar-refractivity contribution in [1.29, 1.82) is 0 Å². The summed E-state index contributed by atoms with van der Waals surface area (Å²) in [6.45, 7) is 3.75. The number of hydrazine groups is 1. The molecule has 2 aliphatic rings. The third-order valence-corrected chi connectivity index (χ3v) is 2.26. The van der Waals surface area contributed by atoms with Gasteiger partial charge in [0, 0.05) is 19.6 Å². The van der Waals surface area contributed by atoms with Crippen molar-refractivity contribution in [3.05, 3.63) is 0 Å². The van der Waals surface area contributed by atoms with E-state index in [9.17, 15) is 4.79 Å². The van der Waals surface area contributed by atoms with Crippen molar-refractivity contribution in [3.63, 3.8) is 0 Å². The van der Waals surface area contributed by atoms with Crippen molar-refractivity contribution in [2.75, 3.05) is 26.2 Å². The van der Waals surface area contributed by atoms with Gasteiger partial charge in [0.1, 0.15) is 0 Å². The van der Waals surface area contributed by atoms with Gasteiger partial charge in [0.25, 0.3) is 0 Å². The summed E-state index contributed by atoms with van der Waals surface area (Å²) in [5, 5.41) is 6.76. The quantitative estimate of drug-likeness (QED) is 0.579. The molecule has 2 saturated heterocycles. The third kappa shape index (κ3) is 1.18. The van der Waals surface area contributed by atoms with Gasteiger partial charge in [-0.3, -0.25) is 5.01 Å². The van der Waals surface area contributed by atoms with Crippen LogP contribution < -0.4 is 5.32 Å². The van der Waals surface area contributed by atoms with Crippen molar-refractivity contribution < 1.29 is 4.79 Å². The molecule has 0 saturated carbocycles. The van der Waals surface area contributed by atoms with Crippen LogP contribution in [0.2, 0.25) is 0 Å². The standard InChI is InChI=1S/C7H13N3O/c11-7-8-3-6-10(7)9-4-1-2-5-9/h1-6H2,(H,8,11). The molecule has 4 nitrogen and oxygen atoms in total. The van der Waals surface area contributed by atoms with E-state index in [2.05, 4.69) is 10.3 Å². The summed E-state index contributed by atoms with van der Waals surface area (Å²) >= 11 is 0. The molecule has 1 N–H and O–H groups in total. The number of nitrogens with zero attached hydrogens (tertiary/aromatic N) is 2.